The van der Waals surface area contributed by atoms with Crippen molar-refractivity contribution in [2.75, 3.05) is 17.1 Å². The first-order valence-corrected chi connectivity index (χ1v) is 15.1. The lowest BCUT2D eigenvalue weighted by Gasteiger charge is -2.32. The van der Waals surface area contributed by atoms with E-state index < -0.39 is 16.1 Å². The van der Waals surface area contributed by atoms with Crippen LogP contribution in [-0.4, -0.2) is 50.0 Å². The largest absolute Gasteiger partial charge is 0.352 e. The van der Waals surface area contributed by atoms with Gasteiger partial charge < -0.3 is 10.2 Å². The fourth-order valence-corrected chi connectivity index (χ4v) is 5.14. The van der Waals surface area contributed by atoms with Gasteiger partial charge in [-0.2, -0.15) is 0 Å². The molecule has 0 aromatic heterocycles. The number of aryl methyl sites for hydroxylation is 1. The number of hydrogen-bond acceptors (Lipinski definition) is 4. The van der Waals surface area contributed by atoms with Crippen molar-refractivity contribution in [1.29, 1.82) is 0 Å². The Kier molecular flexibility index (Phi) is 11.9. The molecule has 2 atom stereocenters. The minimum atomic E-state index is -3.53. The van der Waals surface area contributed by atoms with E-state index in [1.54, 1.807) is 29.2 Å². The van der Waals surface area contributed by atoms with Crippen molar-refractivity contribution in [2.24, 2.45) is 0 Å². The van der Waals surface area contributed by atoms with Crippen LogP contribution in [0.5, 0.6) is 0 Å². The summed E-state index contributed by atoms with van der Waals surface area (Å²) < 4.78 is 26.3. The van der Waals surface area contributed by atoms with E-state index >= 15 is 0 Å². The molecule has 0 aliphatic heterocycles. The molecule has 0 aliphatic rings. The van der Waals surface area contributed by atoms with Gasteiger partial charge >= 0.3 is 0 Å². The topological polar surface area (TPSA) is 86.8 Å². The third-order valence-corrected chi connectivity index (χ3v) is 7.88. The van der Waals surface area contributed by atoms with E-state index in [1.165, 1.54) is 10.6 Å². The molecule has 204 valence electrons. The highest BCUT2D eigenvalue weighted by Gasteiger charge is 2.29. The Hall–Kier alpha value is -2.58. The number of rotatable bonds is 14. The average molecular weight is 550 g/mol. The third kappa shape index (κ3) is 9.34. The number of nitrogens with zero attached hydrogens (tertiary/aromatic N) is 2. The maximum absolute atomic E-state index is 13.5. The van der Waals surface area contributed by atoms with Gasteiger partial charge in [0.25, 0.3) is 0 Å². The Morgan fingerprint density at radius 1 is 0.946 bits per heavy atom. The Morgan fingerprint density at radius 3 is 2.05 bits per heavy atom. The van der Waals surface area contributed by atoms with Gasteiger partial charge in [-0.15, -0.1) is 0 Å². The molecule has 0 saturated carbocycles. The first-order chi connectivity index (χ1) is 17.5. The molecular weight excluding hydrogens is 510 g/mol. The summed E-state index contributed by atoms with van der Waals surface area (Å²) >= 11 is 6.03. The van der Waals surface area contributed by atoms with E-state index in [2.05, 4.69) is 5.32 Å². The van der Waals surface area contributed by atoms with Crippen LogP contribution in [-0.2, 0) is 32.6 Å². The second-order valence-corrected chi connectivity index (χ2v) is 11.7. The number of carbonyl (C=O) groups excluding carboxylic acids is 2. The minimum Gasteiger partial charge on any atom is -0.352 e. The van der Waals surface area contributed by atoms with Gasteiger partial charge in [0, 0.05) is 30.6 Å². The molecule has 0 spiro atoms. The zero-order chi connectivity index (χ0) is 27.6. The maximum atomic E-state index is 13.5. The Labute approximate surface area is 227 Å². The summed E-state index contributed by atoms with van der Waals surface area (Å²) in [7, 11) is -3.53. The summed E-state index contributed by atoms with van der Waals surface area (Å²) in [6.45, 7) is 8.28. The van der Waals surface area contributed by atoms with Crippen molar-refractivity contribution in [3.63, 3.8) is 0 Å². The number of sulfonamides is 1. The summed E-state index contributed by atoms with van der Waals surface area (Å²) in [4.78, 5) is 28.1. The first kappa shape index (κ1) is 30.6. The SMILES string of the molecule is CCc1ccc(N(CCCC(=O)N(Cc2ccc(Cl)cc2)[C@@H](CC)C(=O)N[C@@H](C)CC)S(C)(=O)=O)cc1. The van der Waals surface area contributed by atoms with Crippen LogP contribution >= 0.6 is 11.6 Å². The molecule has 2 amide bonds. The molecule has 1 N–H and O–H groups in total. The fraction of sp³-hybridized carbons (Fsp3) is 0.500. The molecular formula is C28H40ClN3O4S. The molecule has 2 aromatic carbocycles. The summed E-state index contributed by atoms with van der Waals surface area (Å²) in [6.07, 6.45) is 3.71. The predicted molar refractivity (Wildman–Crippen MR) is 151 cm³/mol. The van der Waals surface area contributed by atoms with E-state index in [-0.39, 0.29) is 37.4 Å². The molecule has 7 nitrogen and oxygen atoms in total. The molecule has 0 radical (unpaired) electrons. The number of anilines is 1. The quantitative estimate of drug-likeness (QED) is 0.352. The first-order valence-electron chi connectivity index (χ1n) is 12.9. The van der Waals surface area contributed by atoms with Gasteiger partial charge in [0.1, 0.15) is 6.04 Å². The van der Waals surface area contributed by atoms with E-state index in [0.29, 0.717) is 23.6 Å². The van der Waals surface area contributed by atoms with E-state index in [4.69, 9.17) is 11.6 Å². The van der Waals surface area contributed by atoms with Crippen LogP contribution in [0.4, 0.5) is 5.69 Å². The average Bonchev–Trinajstić information content (AvgIpc) is 2.86. The van der Waals surface area contributed by atoms with Crippen LogP contribution in [0.3, 0.4) is 0 Å². The lowest BCUT2D eigenvalue weighted by molar-refractivity contribution is -0.141. The second kappa shape index (κ2) is 14.4. The number of nitrogens with one attached hydrogen (secondary N) is 1. The van der Waals surface area contributed by atoms with Crippen LogP contribution in [0.25, 0.3) is 0 Å². The molecule has 37 heavy (non-hydrogen) atoms. The number of benzene rings is 2. The molecule has 0 fully saturated rings. The molecule has 0 aliphatic carbocycles. The fourth-order valence-electron chi connectivity index (χ4n) is 4.05. The summed E-state index contributed by atoms with van der Waals surface area (Å²) in [6, 6.07) is 14.0. The Bertz CT molecular complexity index is 1120. The molecule has 9 heteroatoms. The summed E-state index contributed by atoms with van der Waals surface area (Å²) in [5, 5.41) is 3.59. The van der Waals surface area contributed by atoms with Gasteiger partial charge in [0.05, 0.1) is 11.9 Å². The van der Waals surface area contributed by atoms with Crippen molar-refractivity contribution in [1.82, 2.24) is 10.2 Å². The molecule has 2 rings (SSSR count). The summed E-state index contributed by atoms with van der Waals surface area (Å²) in [5.41, 5.74) is 2.55. The van der Waals surface area contributed by atoms with E-state index in [9.17, 15) is 18.0 Å². The zero-order valence-electron chi connectivity index (χ0n) is 22.5. The Balaban J connectivity index is 2.21. The Morgan fingerprint density at radius 2 is 1.54 bits per heavy atom. The molecule has 0 saturated heterocycles. The lowest BCUT2D eigenvalue weighted by atomic mass is 10.1. The van der Waals surface area contributed by atoms with Gasteiger partial charge in [-0.05, 0) is 68.0 Å². The van der Waals surface area contributed by atoms with Crippen LogP contribution in [0.15, 0.2) is 48.5 Å². The molecule has 0 unspecified atom stereocenters. The predicted octanol–water partition coefficient (Wildman–Crippen LogP) is 5.17. The molecule has 2 aromatic rings. The summed E-state index contributed by atoms with van der Waals surface area (Å²) in [5.74, 6) is -0.385. The highest BCUT2D eigenvalue weighted by Crippen LogP contribution is 2.21. The monoisotopic (exact) mass is 549 g/mol. The second-order valence-electron chi connectivity index (χ2n) is 9.35. The number of amides is 2. The standard InChI is InChI=1S/C28H40ClN3O4S/c1-6-21(4)30-28(34)26(8-3)31(20-23-11-15-24(29)16-12-23)27(33)10-9-19-32(37(5,35)36)25-17-13-22(7-2)14-18-25/h11-18,21,26H,6-10,19-20H2,1-5H3,(H,30,34)/t21-,26-/m0/s1. The van der Waals surface area contributed by atoms with Crippen molar-refractivity contribution in [3.05, 3.63) is 64.7 Å². The molecule has 0 heterocycles. The van der Waals surface area contributed by atoms with Crippen molar-refractivity contribution in [3.8, 4) is 0 Å². The van der Waals surface area contributed by atoms with E-state index in [1.807, 2.05) is 52.0 Å². The zero-order valence-corrected chi connectivity index (χ0v) is 24.1. The highest BCUT2D eigenvalue weighted by molar-refractivity contribution is 7.92. The van der Waals surface area contributed by atoms with Gasteiger partial charge in [-0.1, -0.05) is 56.6 Å². The minimum absolute atomic E-state index is 0.00329. The van der Waals surface area contributed by atoms with Crippen LogP contribution in [0, 0.1) is 0 Å². The van der Waals surface area contributed by atoms with Gasteiger partial charge in [-0.3, -0.25) is 13.9 Å². The molecule has 0 bridgehead atoms. The van der Waals surface area contributed by atoms with Gasteiger partial charge in [-0.25, -0.2) is 8.42 Å². The number of halogens is 1. The van der Waals surface area contributed by atoms with Gasteiger partial charge in [0.2, 0.25) is 21.8 Å². The van der Waals surface area contributed by atoms with Crippen molar-refractivity contribution in [2.45, 2.75) is 78.4 Å². The van der Waals surface area contributed by atoms with E-state index in [0.717, 1.165) is 24.0 Å². The number of carbonyl (C=O) groups is 2. The van der Waals surface area contributed by atoms with Crippen LogP contribution < -0.4 is 9.62 Å². The lowest BCUT2D eigenvalue weighted by Crippen LogP contribution is -2.50. The van der Waals surface area contributed by atoms with Gasteiger partial charge in [0.15, 0.2) is 0 Å². The highest BCUT2D eigenvalue weighted by atomic mass is 35.5. The van der Waals surface area contributed by atoms with Crippen LogP contribution in [0.2, 0.25) is 5.02 Å². The third-order valence-electron chi connectivity index (χ3n) is 6.44. The van der Waals surface area contributed by atoms with Crippen molar-refractivity contribution < 1.29 is 18.0 Å². The number of hydrogen-bond donors (Lipinski definition) is 1. The normalized spacial score (nSPS) is 13.0. The van der Waals surface area contributed by atoms with Crippen molar-refractivity contribution >= 4 is 39.1 Å². The van der Waals surface area contributed by atoms with Crippen LogP contribution in [0.1, 0.15) is 64.5 Å². The maximum Gasteiger partial charge on any atom is 0.243 e. The smallest absolute Gasteiger partial charge is 0.243 e.